The average Bonchev–Trinajstić information content (AvgIpc) is 2.40. The van der Waals surface area contributed by atoms with Gasteiger partial charge < -0.3 is 0 Å². The molecule has 20 heavy (non-hydrogen) atoms. The number of hydrogen-bond acceptors (Lipinski definition) is 1. The minimum absolute atomic E-state index is 0.0596. The van der Waals surface area contributed by atoms with Crippen LogP contribution in [0.15, 0.2) is 24.3 Å². The van der Waals surface area contributed by atoms with Crippen molar-refractivity contribution in [3.8, 4) is 0 Å². The second-order valence-electron chi connectivity index (χ2n) is 5.37. The zero-order chi connectivity index (χ0) is 14.8. The molecule has 0 radical (unpaired) electrons. The number of hydrogen-bond donors (Lipinski definition) is 0. The topological polar surface area (TPSA) is 17.1 Å². The fraction of sp³-hybridized carbons (Fsp3) is 0.533. The normalized spacial score (nSPS) is 23.6. The predicted octanol–water partition coefficient (Wildman–Crippen LogP) is 4.82. The first-order valence-electron chi connectivity index (χ1n) is 6.70. The Bertz CT molecular complexity index is 467. The van der Waals surface area contributed by atoms with Gasteiger partial charge in [-0.1, -0.05) is 30.2 Å². The lowest BCUT2D eigenvalue weighted by Gasteiger charge is -2.29. The molecular formula is C15H16ClF3O. The molecule has 0 heterocycles. The van der Waals surface area contributed by atoms with Crippen molar-refractivity contribution in [3.05, 3.63) is 34.9 Å². The number of benzene rings is 1. The first-order valence-corrected chi connectivity index (χ1v) is 7.08. The van der Waals surface area contributed by atoms with Crippen LogP contribution in [0.3, 0.4) is 0 Å². The molecule has 2 unspecified atom stereocenters. The molecule has 1 saturated carbocycles. The van der Waals surface area contributed by atoms with Crippen molar-refractivity contribution >= 4 is 17.4 Å². The Morgan fingerprint density at radius 2 is 1.85 bits per heavy atom. The number of Topliss-reactive ketones (excluding diaryl/α,β-unsaturated/α-hetero) is 1. The summed E-state index contributed by atoms with van der Waals surface area (Å²) >= 11 is 5.76. The Morgan fingerprint density at radius 1 is 1.20 bits per heavy atom. The van der Waals surface area contributed by atoms with Crippen LogP contribution in [0, 0.1) is 11.8 Å². The van der Waals surface area contributed by atoms with Crippen molar-refractivity contribution in [1.29, 1.82) is 0 Å². The van der Waals surface area contributed by atoms with Crippen molar-refractivity contribution < 1.29 is 18.0 Å². The molecule has 0 spiro atoms. The zero-order valence-corrected chi connectivity index (χ0v) is 11.7. The monoisotopic (exact) mass is 304 g/mol. The number of halogens is 4. The number of alkyl halides is 3. The SMILES string of the molecule is O=C(Cc1ccc(Cl)cc1)C1CCCC(C(F)(F)F)C1. The Morgan fingerprint density at radius 3 is 2.45 bits per heavy atom. The highest BCUT2D eigenvalue weighted by Gasteiger charge is 2.43. The van der Waals surface area contributed by atoms with Gasteiger partial charge in [-0.3, -0.25) is 4.79 Å². The van der Waals surface area contributed by atoms with Crippen LogP contribution in [0.4, 0.5) is 13.2 Å². The van der Waals surface area contributed by atoms with E-state index < -0.39 is 18.0 Å². The predicted molar refractivity (Wildman–Crippen MR) is 71.7 cm³/mol. The van der Waals surface area contributed by atoms with Gasteiger partial charge in [0.2, 0.25) is 0 Å². The highest BCUT2D eigenvalue weighted by Crippen LogP contribution is 2.40. The molecule has 0 amide bonds. The van der Waals surface area contributed by atoms with Crippen LogP contribution >= 0.6 is 11.6 Å². The van der Waals surface area contributed by atoms with Crippen molar-refractivity contribution in [2.24, 2.45) is 11.8 Å². The van der Waals surface area contributed by atoms with Gasteiger partial charge in [0.15, 0.2) is 0 Å². The van der Waals surface area contributed by atoms with E-state index in [0.717, 1.165) is 5.56 Å². The van der Waals surface area contributed by atoms with E-state index in [-0.39, 0.29) is 25.0 Å². The second kappa shape index (κ2) is 6.17. The van der Waals surface area contributed by atoms with Gasteiger partial charge >= 0.3 is 6.18 Å². The maximum absolute atomic E-state index is 12.7. The molecule has 2 rings (SSSR count). The minimum Gasteiger partial charge on any atom is -0.299 e. The molecule has 1 aromatic carbocycles. The number of carbonyl (C=O) groups excluding carboxylic acids is 1. The van der Waals surface area contributed by atoms with Gasteiger partial charge in [0, 0.05) is 17.4 Å². The van der Waals surface area contributed by atoms with Crippen molar-refractivity contribution in [2.45, 2.75) is 38.3 Å². The Balaban J connectivity index is 1.97. The van der Waals surface area contributed by atoms with Gasteiger partial charge in [-0.05, 0) is 37.0 Å². The molecule has 110 valence electrons. The van der Waals surface area contributed by atoms with Crippen LogP contribution in [-0.2, 0) is 11.2 Å². The fourth-order valence-corrected chi connectivity index (χ4v) is 2.85. The summed E-state index contributed by atoms with van der Waals surface area (Å²) in [5.41, 5.74) is 0.800. The van der Waals surface area contributed by atoms with Crippen LogP contribution in [0.25, 0.3) is 0 Å². The van der Waals surface area contributed by atoms with Crippen LogP contribution in [0.1, 0.15) is 31.2 Å². The highest BCUT2D eigenvalue weighted by atomic mass is 35.5. The largest absolute Gasteiger partial charge is 0.391 e. The van der Waals surface area contributed by atoms with E-state index in [1.807, 2.05) is 0 Å². The molecule has 5 heteroatoms. The summed E-state index contributed by atoms with van der Waals surface area (Å²) in [5.74, 6) is -1.89. The summed E-state index contributed by atoms with van der Waals surface area (Å²) in [5, 5.41) is 0.580. The number of carbonyl (C=O) groups is 1. The molecule has 0 saturated heterocycles. The van der Waals surface area contributed by atoms with Crippen molar-refractivity contribution in [3.63, 3.8) is 0 Å². The Kier molecular flexibility index (Phi) is 4.74. The lowest BCUT2D eigenvalue weighted by Crippen LogP contribution is -2.32. The third-order valence-corrected chi connectivity index (χ3v) is 4.14. The maximum atomic E-state index is 12.7. The quantitative estimate of drug-likeness (QED) is 0.782. The molecule has 1 nitrogen and oxygen atoms in total. The average molecular weight is 305 g/mol. The van der Waals surface area contributed by atoms with Crippen LogP contribution < -0.4 is 0 Å². The molecule has 0 bridgehead atoms. The van der Waals surface area contributed by atoms with Crippen molar-refractivity contribution in [2.75, 3.05) is 0 Å². The fourth-order valence-electron chi connectivity index (χ4n) is 2.73. The van der Waals surface area contributed by atoms with Gasteiger partial charge in [0.1, 0.15) is 5.78 Å². The molecule has 1 aliphatic rings. The summed E-state index contributed by atoms with van der Waals surface area (Å²) in [4.78, 5) is 12.1. The van der Waals surface area contributed by atoms with E-state index in [1.54, 1.807) is 24.3 Å². The van der Waals surface area contributed by atoms with Gasteiger partial charge in [-0.15, -0.1) is 0 Å². The molecule has 1 aliphatic carbocycles. The molecule has 0 N–H and O–H groups in total. The standard InChI is InChI=1S/C15H16ClF3O/c16-13-6-4-10(5-7-13)8-14(20)11-2-1-3-12(9-11)15(17,18)19/h4-7,11-12H,1-3,8-9H2. The van der Waals surface area contributed by atoms with E-state index in [2.05, 4.69) is 0 Å². The van der Waals surface area contributed by atoms with E-state index in [9.17, 15) is 18.0 Å². The first kappa shape index (κ1) is 15.4. The molecule has 2 atom stereocenters. The summed E-state index contributed by atoms with van der Waals surface area (Å²) < 4.78 is 38.2. The highest BCUT2D eigenvalue weighted by molar-refractivity contribution is 6.30. The smallest absolute Gasteiger partial charge is 0.299 e. The van der Waals surface area contributed by atoms with Crippen LogP contribution in [0.5, 0.6) is 0 Å². The number of rotatable bonds is 3. The molecule has 1 fully saturated rings. The Hall–Kier alpha value is -1.03. The van der Waals surface area contributed by atoms with Crippen LogP contribution in [-0.4, -0.2) is 12.0 Å². The van der Waals surface area contributed by atoms with Crippen LogP contribution in [0.2, 0.25) is 5.02 Å². The van der Waals surface area contributed by atoms with Gasteiger partial charge in [0.25, 0.3) is 0 Å². The van der Waals surface area contributed by atoms with Crippen molar-refractivity contribution in [1.82, 2.24) is 0 Å². The summed E-state index contributed by atoms with van der Waals surface area (Å²) in [7, 11) is 0. The summed E-state index contributed by atoms with van der Waals surface area (Å²) in [6, 6.07) is 6.85. The number of ketones is 1. The van der Waals surface area contributed by atoms with E-state index >= 15 is 0 Å². The minimum atomic E-state index is -4.18. The second-order valence-corrected chi connectivity index (χ2v) is 5.81. The Labute approximate surface area is 121 Å². The summed E-state index contributed by atoms with van der Waals surface area (Å²) in [6.07, 6.45) is -2.87. The maximum Gasteiger partial charge on any atom is 0.391 e. The molecule has 1 aromatic rings. The zero-order valence-electron chi connectivity index (χ0n) is 10.9. The lowest BCUT2D eigenvalue weighted by molar-refractivity contribution is -0.186. The first-order chi connectivity index (χ1) is 9.36. The van der Waals surface area contributed by atoms with Gasteiger partial charge in [0.05, 0.1) is 5.92 Å². The molecule has 0 aromatic heterocycles. The van der Waals surface area contributed by atoms with Gasteiger partial charge in [-0.2, -0.15) is 13.2 Å². The third kappa shape index (κ3) is 3.98. The van der Waals surface area contributed by atoms with E-state index in [1.165, 1.54) is 0 Å². The molecule has 0 aliphatic heterocycles. The van der Waals surface area contributed by atoms with E-state index in [4.69, 9.17) is 11.6 Å². The van der Waals surface area contributed by atoms with Gasteiger partial charge in [-0.25, -0.2) is 0 Å². The molecular weight excluding hydrogens is 289 g/mol. The lowest BCUT2D eigenvalue weighted by atomic mass is 9.78. The van der Waals surface area contributed by atoms with E-state index in [0.29, 0.717) is 17.9 Å². The third-order valence-electron chi connectivity index (χ3n) is 3.88. The summed E-state index contributed by atoms with van der Waals surface area (Å²) in [6.45, 7) is 0.